The molecule has 0 aromatic rings. The molecule has 2 rings (SSSR count). The van der Waals surface area contributed by atoms with E-state index in [2.05, 4.69) is 12.2 Å². The van der Waals surface area contributed by atoms with E-state index < -0.39 is 24.2 Å². The van der Waals surface area contributed by atoms with E-state index in [1.54, 1.807) is 7.11 Å². The van der Waals surface area contributed by atoms with E-state index in [4.69, 9.17) is 18.9 Å². The molecule has 2 fully saturated rings. The summed E-state index contributed by atoms with van der Waals surface area (Å²) in [6, 6.07) is -0.341. The van der Waals surface area contributed by atoms with E-state index in [9.17, 15) is 9.90 Å². The van der Waals surface area contributed by atoms with Crippen LogP contribution in [0, 0.1) is 0 Å². The lowest BCUT2D eigenvalue weighted by Gasteiger charge is -2.30. The van der Waals surface area contributed by atoms with Crippen LogP contribution in [0.3, 0.4) is 0 Å². The van der Waals surface area contributed by atoms with Crippen molar-refractivity contribution in [3.8, 4) is 0 Å². The summed E-state index contributed by atoms with van der Waals surface area (Å²) in [5, 5.41) is 12.8. The Balaban J connectivity index is 1.69. The summed E-state index contributed by atoms with van der Waals surface area (Å²) in [6.45, 7) is 6.70. The molecule has 2 N–H and O–H groups in total. The molecule has 7 nitrogen and oxygen atoms in total. The van der Waals surface area contributed by atoms with Crippen LogP contribution in [-0.2, 0) is 23.7 Å². The number of carbonyl (C=O) groups is 1. The molecule has 2 saturated heterocycles. The van der Waals surface area contributed by atoms with Gasteiger partial charge in [0.2, 0.25) is 0 Å². The number of ether oxygens (including phenoxy) is 4. The SMILES string of the molecule is CCCCCCCCCCCCN[C@H](CC(=O)O)[C@H]1O[C@@H]2OC(C)(C)O[C@@H]2[C@H]1OC. The summed E-state index contributed by atoms with van der Waals surface area (Å²) in [4.78, 5) is 11.4. The van der Waals surface area contributed by atoms with Gasteiger partial charge in [-0.2, -0.15) is 0 Å². The standard InChI is InChI=1S/C23H43NO6/c1-5-6-7-8-9-10-11-12-13-14-15-24-17(16-18(25)26)19-20(27-4)21-22(28-19)30-23(2,3)29-21/h17,19-22,24H,5-16H2,1-4H3,(H,25,26)/t17-,19-,20+,21-,22-/m1/s1. The number of carboxylic acids is 1. The molecule has 2 aliphatic rings. The zero-order chi connectivity index (χ0) is 22.0. The van der Waals surface area contributed by atoms with Crippen molar-refractivity contribution in [2.24, 2.45) is 0 Å². The Morgan fingerprint density at radius 1 is 1.03 bits per heavy atom. The van der Waals surface area contributed by atoms with Crippen molar-refractivity contribution in [1.82, 2.24) is 5.32 Å². The summed E-state index contributed by atoms with van der Waals surface area (Å²) >= 11 is 0. The number of rotatable bonds is 16. The number of aliphatic carboxylic acids is 1. The van der Waals surface area contributed by atoms with Gasteiger partial charge < -0.3 is 29.4 Å². The molecule has 0 aromatic heterocycles. The molecule has 0 spiro atoms. The Morgan fingerprint density at radius 2 is 1.63 bits per heavy atom. The molecule has 7 heteroatoms. The first-order chi connectivity index (χ1) is 14.4. The normalized spacial score (nSPS) is 28.5. The Morgan fingerprint density at radius 3 is 2.20 bits per heavy atom. The Kier molecular flexibility index (Phi) is 11.0. The number of unbranched alkanes of at least 4 members (excludes halogenated alkanes) is 9. The molecule has 0 aromatic carbocycles. The highest BCUT2D eigenvalue weighted by molar-refractivity contribution is 5.67. The molecular formula is C23H43NO6. The number of hydrogen-bond acceptors (Lipinski definition) is 6. The summed E-state index contributed by atoms with van der Waals surface area (Å²) in [5.41, 5.74) is 0. The van der Waals surface area contributed by atoms with Crippen molar-refractivity contribution < 1.29 is 28.8 Å². The molecule has 0 saturated carbocycles. The minimum atomic E-state index is -0.853. The minimum absolute atomic E-state index is 0.0227. The Labute approximate surface area is 182 Å². The van der Waals surface area contributed by atoms with Crippen molar-refractivity contribution in [2.75, 3.05) is 13.7 Å². The van der Waals surface area contributed by atoms with E-state index in [0.29, 0.717) is 0 Å². The van der Waals surface area contributed by atoms with Gasteiger partial charge in [0.1, 0.15) is 18.3 Å². The van der Waals surface area contributed by atoms with Crippen LogP contribution >= 0.6 is 0 Å². The van der Waals surface area contributed by atoms with Crippen LogP contribution in [0.25, 0.3) is 0 Å². The lowest BCUT2D eigenvalue weighted by atomic mass is 10.00. The summed E-state index contributed by atoms with van der Waals surface area (Å²) in [7, 11) is 1.61. The largest absolute Gasteiger partial charge is 0.481 e. The van der Waals surface area contributed by atoms with Crippen molar-refractivity contribution in [2.45, 2.75) is 128 Å². The zero-order valence-corrected chi connectivity index (χ0v) is 19.4. The highest BCUT2D eigenvalue weighted by Gasteiger charge is 2.56. The van der Waals surface area contributed by atoms with Crippen LogP contribution in [0.4, 0.5) is 0 Å². The zero-order valence-electron chi connectivity index (χ0n) is 19.4. The van der Waals surface area contributed by atoms with Gasteiger partial charge in [-0.3, -0.25) is 4.79 Å². The van der Waals surface area contributed by atoms with E-state index in [1.165, 1.54) is 51.4 Å². The second kappa shape index (κ2) is 13.0. The number of fused-ring (bicyclic) bond motifs is 1. The molecule has 0 unspecified atom stereocenters. The highest BCUT2D eigenvalue weighted by Crippen LogP contribution is 2.39. The fourth-order valence-electron chi connectivity index (χ4n) is 4.49. The van der Waals surface area contributed by atoms with Crippen LogP contribution in [0.1, 0.15) is 91.4 Å². The van der Waals surface area contributed by atoms with E-state index in [0.717, 1.165) is 19.4 Å². The van der Waals surface area contributed by atoms with Crippen LogP contribution in [0.2, 0.25) is 0 Å². The molecule has 2 heterocycles. The maximum Gasteiger partial charge on any atom is 0.305 e. The van der Waals surface area contributed by atoms with Gasteiger partial charge >= 0.3 is 5.97 Å². The Hall–Kier alpha value is -0.730. The highest BCUT2D eigenvalue weighted by atomic mass is 16.8. The van der Waals surface area contributed by atoms with Crippen LogP contribution < -0.4 is 5.32 Å². The average Bonchev–Trinajstić information content (AvgIpc) is 3.16. The first-order valence-corrected chi connectivity index (χ1v) is 11.9. The van der Waals surface area contributed by atoms with Gasteiger partial charge in [-0.05, 0) is 26.8 Å². The summed E-state index contributed by atoms with van der Waals surface area (Å²) in [5.74, 6) is -1.57. The molecule has 0 radical (unpaired) electrons. The van der Waals surface area contributed by atoms with Crippen LogP contribution in [0.15, 0.2) is 0 Å². The third-order valence-electron chi connectivity index (χ3n) is 6.03. The lowest BCUT2D eigenvalue weighted by molar-refractivity contribution is -0.220. The first kappa shape index (κ1) is 25.5. The van der Waals surface area contributed by atoms with Gasteiger partial charge in [0, 0.05) is 13.2 Å². The molecule has 0 bridgehead atoms. The fourth-order valence-corrected chi connectivity index (χ4v) is 4.49. The van der Waals surface area contributed by atoms with Gasteiger partial charge in [-0.15, -0.1) is 0 Å². The predicted molar refractivity (Wildman–Crippen MR) is 115 cm³/mol. The predicted octanol–water partition coefficient (Wildman–Crippen LogP) is 4.23. The maximum absolute atomic E-state index is 11.4. The van der Waals surface area contributed by atoms with Gasteiger partial charge in [-0.1, -0.05) is 64.7 Å². The third-order valence-corrected chi connectivity index (χ3v) is 6.03. The topological polar surface area (TPSA) is 86.3 Å². The second-order valence-electron chi connectivity index (χ2n) is 9.11. The molecule has 0 aliphatic carbocycles. The minimum Gasteiger partial charge on any atom is -0.481 e. The molecule has 30 heavy (non-hydrogen) atoms. The van der Waals surface area contributed by atoms with E-state index in [-0.39, 0.29) is 24.7 Å². The lowest BCUT2D eigenvalue weighted by Crippen LogP contribution is -2.49. The third kappa shape index (κ3) is 8.08. The second-order valence-corrected chi connectivity index (χ2v) is 9.11. The molecule has 5 atom stereocenters. The van der Waals surface area contributed by atoms with Crippen molar-refractivity contribution in [1.29, 1.82) is 0 Å². The van der Waals surface area contributed by atoms with E-state index in [1.807, 2.05) is 13.8 Å². The quantitative estimate of drug-likeness (QED) is 0.355. The van der Waals surface area contributed by atoms with Crippen LogP contribution in [-0.4, -0.2) is 61.2 Å². The summed E-state index contributed by atoms with van der Waals surface area (Å²) < 4.78 is 23.4. The summed E-state index contributed by atoms with van der Waals surface area (Å²) in [6.07, 6.45) is 11.1. The van der Waals surface area contributed by atoms with Gasteiger partial charge in [-0.25, -0.2) is 0 Å². The van der Waals surface area contributed by atoms with E-state index >= 15 is 0 Å². The van der Waals surface area contributed by atoms with Crippen molar-refractivity contribution in [3.05, 3.63) is 0 Å². The molecule has 2 aliphatic heterocycles. The molecule has 0 amide bonds. The molecular weight excluding hydrogens is 386 g/mol. The fraction of sp³-hybridized carbons (Fsp3) is 0.957. The van der Waals surface area contributed by atoms with Crippen molar-refractivity contribution in [3.63, 3.8) is 0 Å². The first-order valence-electron chi connectivity index (χ1n) is 11.9. The number of methoxy groups -OCH3 is 1. The maximum atomic E-state index is 11.4. The van der Waals surface area contributed by atoms with Crippen LogP contribution in [0.5, 0.6) is 0 Å². The average molecular weight is 430 g/mol. The smallest absolute Gasteiger partial charge is 0.305 e. The van der Waals surface area contributed by atoms with Gasteiger partial charge in [0.05, 0.1) is 6.42 Å². The number of carboxylic acid groups (broad SMARTS) is 1. The molecule has 176 valence electrons. The van der Waals surface area contributed by atoms with Gasteiger partial charge in [0.25, 0.3) is 0 Å². The number of hydrogen-bond donors (Lipinski definition) is 2. The number of nitrogens with one attached hydrogen (secondary N) is 1. The monoisotopic (exact) mass is 429 g/mol. The van der Waals surface area contributed by atoms with Gasteiger partial charge in [0.15, 0.2) is 12.1 Å². The van der Waals surface area contributed by atoms with Crippen molar-refractivity contribution >= 4 is 5.97 Å². The Bertz CT molecular complexity index is 500.